The van der Waals surface area contributed by atoms with E-state index in [-0.39, 0.29) is 23.8 Å². The van der Waals surface area contributed by atoms with Gasteiger partial charge in [0.25, 0.3) is 5.91 Å². The number of benzene rings is 3. The molecular weight excluding hydrogens is 448 g/mol. The van der Waals surface area contributed by atoms with E-state index in [2.05, 4.69) is 5.32 Å². The Morgan fingerprint density at radius 3 is 2.44 bits per heavy atom. The molecule has 1 heterocycles. The minimum absolute atomic E-state index is 0.0895. The summed E-state index contributed by atoms with van der Waals surface area (Å²) in [6.45, 7) is 4.45. The molecule has 1 fully saturated rings. The molecule has 6 nitrogen and oxygen atoms in total. The van der Waals surface area contributed by atoms with Crippen molar-refractivity contribution in [3.05, 3.63) is 101 Å². The van der Waals surface area contributed by atoms with Crippen LogP contribution in [0.25, 0.3) is 0 Å². The SMILES string of the molecule is CCOC(=O)c1ccc(C)c(NC(=O)c2ccc([C@@H]3SCC(=O)N3Cc3ccccc3)cc2)c1. The molecule has 3 aromatic carbocycles. The van der Waals surface area contributed by atoms with Crippen LogP contribution in [0.4, 0.5) is 5.69 Å². The zero-order valence-corrected chi connectivity index (χ0v) is 19.9. The van der Waals surface area contributed by atoms with E-state index in [0.29, 0.717) is 29.1 Å². The fourth-order valence-electron chi connectivity index (χ4n) is 3.77. The van der Waals surface area contributed by atoms with Gasteiger partial charge in [0.2, 0.25) is 5.91 Å². The quantitative estimate of drug-likeness (QED) is 0.477. The predicted molar refractivity (Wildman–Crippen MR) is 134 cm³/mol. The van der Waals surface area contributed by atoms with Gasteiger partial charge in [-0.15, -0.1) is 11.8 Å². The monoisotopic (exact) mass is 474 g/mol. The molecule has 7 heteroatoms. The van der Waals surface area contributed by atoms with Gasteiger partial charge in [-0.2, -0.15) is 0 Å². The molecule has 1 aliphatic rings. The van der Waals surface area contributed by atoms with Crippen molar-refractivity contribution in [2.75, 3.05) is 17.7 Å². The number of nitrogens with zero attached hydrogens (tertiary/aromatic N) is 1. The molecule has 1 atom stereocenters. The van der Waals surface area contributed by atoms with Crippen molar-refractivity contribution in [2.45, 2.75) is 25.8 Å². The Morgan fingerprint density at radius 2 is 1.74 bits per heavy atom. The van der Waals surface area contributed by atoms with Gasteiger partial charge in [-0.25, -0.2) is 4.79 Å². The third kappa shape index (κ3) is 5.31. The lowest BCUT2D eigenvalue weighted by molar-refractivity contribution is -0.128. The maximum atomic E-state index is 12.9. The maximum absolute atomic E-state index is 12.9. The highest BCUT2D eigenvalue weighted by molar-refractivity contribution is 8.00. The third-order valence-electron chi connectivity index (χ3n) is 5.62. The number of ether oxygens (including phenoxy) is 1. The summed E-state index contributed by atoms with van der Waals surface area (Å²) in [4.78, 5) is 39.3. The Balaban J connectivity index is 1.47. The summed E-state index contributed by atoms with van der Waals surface area (Å²) < 4.78 is 5.05. The lowest BCUT2D eigenvalue weighted by Gasteiger charge is -2.24. The molecule has 3 aromatic rings. The van der Waals surface area contributed by atoms with Crippen LogP contribution in [-0.4, -0.2) is 35.0 Å². The van der Waals surface area contributed by atoms with Crippen LogP contribution in [-0.2, 0) is 16.1 Å². The van der Waals surface area contributed by atoms with E-state index >= 15 is 0 Å². The van der Waals surface area contributed by atoms with E-state index in [0.717, 1.165) is 16.7 Å². The van der Waals surface area contributed by atoms with Crippen LogP contribution in [0.15, 0.2) is 72.8 Å². The topological polar surface area (TPSA) is 75.7 Å². The van der Waals surface area contributed by atoms with Gasteiger partial charge in [-0.3, -0.25) is 9.59 Å². The highest BCUT2D eigenvalue weighted by atomic mass is 32.2. The number of rotatable bonds is 7. The fourth-order valence-corrected chi connectivity index (χ4v) is 4.96. The molecule has 174 valence electrons. The predicted octanol–water partition coefficient (Wildman–Crippen LogP) is 5.20. The zero-order chi connectivity index (χ0) is 24.1. The van der Waals surface area contributed by atoms with E-state index in [1.165, 1.54) is 0 Å². The molecule has 0 saturated carbocycles. The summed E-state index contributed by atoms with van der Waals surface area (Å²) in [5.41, 5.74) is 4.35. The van der Waals surface area contributed by atoms with Crippen LogP contribution in [0.3, 0.4) is 0 Å². The van der Waals surface area contributed by atoms with Gasteiger partial charge in [0.05, 0.1) is 17.9 Å². The Kier molecular flexibility index (Phi) is 7.33. The van der Waals surface area contributed by atoms with E-state index in [4.69, 9.17) is 4.74 Å². The van der Waals surface area contributed by atoms with E-state index in [9.17, 15) is 14.4 Å². The number of nitrogens with one attached hydrogen (secondary N) is 1. The molecule has 1 N–H and O–H groups in total. The lowest BCUT2D eigenvalue weighted by Crippen LogP contribution is -2.27. The molecule has 0 unspecified atom stereocenters. The van der Waals surface area contributed by atoms with Crippen molar-refractivity contribution in [1.82, 2.24) is 4.90 Å². The molecule has 0 aliphatic carbocycles. The molecule has 4 rings (SSSR count). The molecule has 1 aliphatic heterocycles. The van der Waals surface area contributed by atoms with Crippen LogP contribution < -0.4 is 5.32 Å². The Bertz CT molecular complexity index is 1200. The first-order valence-corrected chi connectivity index (χ1v) is 12.1. The number of carbonyl (C=O) groups is 3. The molecule has 0 aromatic heterocycles. The van der Waals surface area contributed by atoms with E-state index < -0.39 is 5.97 Å². The van der Waals surface area contributed by atoms with Gasteiger partial charge in [0.15, 0.2) is 0 Å². The van der Waals surface area contributed by atoms with E-state index in [1.807, 2.05) is 54.3 Å². The van der Waals surface area contributed by atoms with Crippen LogP contribution in [0, 0.1) is 6.92 Å². The van der Waals surface area contributed by atoms with Gasteiger partial charge in [-0.1, -0.05) is 48.5 Å². The summed E-state index contributed by atoms with van der Waals surface area (Å²) in [6, 6.07) is 22.3. The molecule has 34 heavy (non-hydrogen) atoms. The fraction of sp³-hybridized carbons (Fsp3) is 0.222. The molecule has 0 radical (unpaired) electrons. The van der Waals surface area contributed by atoms with Crippen molar-refractivity contribution < 1.29 is 19.1 Å². The highest BCUT2D eigenvalue weighted by Gasteiger charge is 2.32. The number of anilines is 1. The van der Waals surface area contributed by atoms with Crippen LogP contribution in [0.2, 0.25) is 0 Å². The number of amides is 2. The number of aryl methyl sites for hydroxylation is 1. The first-order valence-electron chi connectivity index (χ1n) is 11.1. The second-order valence-electron chi connectivity index (χ2n) is 8.00. The average Bonchev–Trinajstić information content (AvgIpc) is 3.21. The number of thioether (sulfide) groups is 1. The second-order valence-corrected chi connectivity index (χ2v) is 9.07. The number of carbonyl (C=O) groups excluding carboxylic acids is 3. The van der Waals surface area contributed by atoms with Crippen LogP contribution >= 0.6 is 11.8 Å². The average molecular weight is 475 g/mol. The number of esters is 1. The van der Waals surface area contributed by atoms with Crippen LogP contribution in [0.1, 0.15) is 49.7 Å². The summed E-state index contributed by atoms with van der Waals surface area (Å²) in [6.07, 6.45) is 0. The molecule has 1 saturated heterocycles. The molecule has 0 bridgehead atoms. The zero-order valence-electron chi connectivity index (χ0n) is 19.1. The summed E-state index contributed by atoms with van der Waals surface area (Å²) in [5.74, 6) is -0.147. The van der Waals surface area contributed by atoms with Gasteiger partial charge in [-0.05, 0) is 54.8 Å². The Hall–Kier alpha value is -3.58. The summed E-state index contributed by atoms with van der Waals surface area (Å²) in [7, 11) is 0. The van der Waals surface area contributed by atoms with Crippen molar-refractivity contribution in [3.63, 3.8) is 0 Å². The highest BCUT2D eigenvalue weighted by Crippen LogP contribution is 2.39. The largest absolute Gasteiger partial charge is 0.462 e. The number of hydrogen-bond acceptors (Lipinski definition) is 5. The van der Waals surface area contributed by atoms with E-state index in [1.54, 1.807) is 49.0 Å². The molecule has 2 amide bonds. The van der Waals surface area contributed by atoms with Crippen molar-refractivity contribution in [1.29, 1.82) is 0 Å². The molecular formula is C27H26N2O4S. The first kappa shape index (κ1) is 23.6. The number of hydrogen-bond donors (Lipinski definition) is 1. The van der Waals surface area contributed by atoms with Gasteiger partial charge >= 0.3 is 5.97 Å². The minimum Gasteiger partial charge on any atom is -0.462 e. The van der Waals surface area contributed by atoms with Crippen LogP contribution in [0.5, 0.6) is 0 Å². The standard InChI is InChI=1S/C27H26N2O4S/c1-3-33-27(32)22-10-9-18(2)23(15-22)28-25(31)20-11-13-21(14-12-20)26-29(24(30)17-34-26)16-19-7-5-4-6-8-19/h4-15,26H,3,16-17H2,1-2H3,(H,28,31)/t26-/m0/s1. The van der Waals surface area contributed by atoms with Gasteiger partial charge in [0.1, 0.15) is 5.37 Å². The summed E-state index contributed by atoms with van der Waals surface area (Å²) in [5, 5.41) is 2.80. The van der Waals surface area contributed by atoms with Crippen molar-refractivity contribution in [2.24, 2.45) is 0 Å². The lowest BCUT2D eigenvalue weighted by atomic mass is 10.1. The van der Waals surface area contributed by atoms with Gasteiger partial charge in [0, 0.05) is 17.8 Å². The Labute approximate surface area is 203 Å². The van der Waals surface area contributed by atoms with Crippen molar-refractivity contribution in [3.8, 4) is 0 Å². The first-order chi connectivity index (χ1) is 16.5. The summed E-state index contributed by atoms with van der Waals surface area (Å²) >= 11 is 1.59. The third-order valence-corrected chi connectivity index (χ3v) is 6.87. The minimum atomic E-state index is -0.425. The normalized spacial score (nSPS) is 15.3. The van der Waals surface area contributed by atoms with Gasteiger partial charge < -0.3 is 15.0 Å². The maximum Gasteiger partial charge on any atom is 0.338 e. The van der Waals surface area contributed by atoms with Crippen molar-refractivity contribution >= 4 is 35.2 Å². The smallest absolute Gasteiger partial charge is 0.338 e. The molecule has 0 spiro atoms. The second kappa shape index (κ2) is 10.6. The Morgan fingerprint density at radius 1 is 1.03 bits per heavy atom.